The fourth-order valence-corrected chi connectivity index (χ4v) is 8.24. The van der Waals surface area contributed by atoms with E-state index in [1.165, 1.54) is 38.5 Å². The van der Waals surface area contributed by atoms with Crippen LogP contribution in [0.4, 0.5) is 0 Å². The normalized spacial score (nSPS) is 20.7. The summed E-state index contributed by atoms with van der Waals surface area (Å²) >= 11 is 1.65. The number of pyridine rings is 1. The highest BCUT2D eigenvalue weighted by Crippen LogP contribution is 2.35. The van der Waals surface area contributed by atoms with Crippen molar-refractivity contribution >= 4 is 34.1 Å². The van der Waals surface area contributed by atoms with Crippen LogP contribution >= 0.6 is 11.3 Å². The zero-order valence-electron chi connectivity index (χ0n) is 25.5. The van der Waals surface area contributed by atoms with Crippen molar-refractivity contribution in [3.8, 4) is 10.6 Å². The zero-order valence-corrected chi connectivity index (χ0v) is 26.3. The third kappa shape index (κ3) is 6.81. The summed E-state index contributed by atoms with van der Waals surface area (Å²) in [5.74, 6) is 0.470. The van der Waals surface area contributed by atoms with E-state index in [0.29, 0.717) is 38.6 Å². The molecular weight excluding hydrogens is 556 g/mol. The van der Waals surface area contributed by atoms with Crippen molar-refractivity contribution in [2.45, 2.75) is 89.8 Å². The molecule has 2 atom stereocenters. The van der Waals surface area contributed by atoms with E-state index in [9.17, 15) is 14.7 Å². The van der Waals surface area contributed by atoms with Crippen LogP contribution in [0.15, 0.2) is 41.8 Å². The van der Waals surface area contributed by atoms with Crippen LogP contribution in [0.25, 0.3) is 21.5 Å². The van der Waals surface area contributed by atoms with Gasteiger partial charge in [0, 0.05) is 49.7 Å². The first kappa shape index (κ1) is 30.2. The SMILES string of the molecule is C[C@H](NC(=O)c1c(CN2CCN(C(=O)[C@@H](O)C3CCCCC3)CC2)c(-c2cccs2)nc2ccccc12)C1CCCCC1. The standard InChI is InChI=1S/C35H46N4O3S/c1-24(25-11-4-2-5-12-25)36-34(41)31-27-15-8-9-16-29(27)37-32(30-17-10-22-43-30)28(31)23-38-18-20-39(21-19-38)35(42)33(40)26-13-6-3-7-14-26/h8-10,15-17,22,24-26,33,40H,2-7,11-14,18-21,23H2,1H3,(H,36,41)/t24-,33-/m0/s1. The lowest BCUT2D eigenvalue weighted by Gasteiger charge is -2.37. The van der Waals surface area contributed by atoms with Gasteiger partial charge in [0.1, 0.15) is 6.10 Å². The molecule has 2 N–H and O–H groups in total. The second kappa shape index (κ2) is 13.9. The van der Waals surface area contributed by atoms with Gasteiger partial charge in [-0.25, -0.2) is 4.98 Å². The Bertz CT molecular complexity index is 1390. The number of rotatable bonds is 8. The van der Waals surface area contributed by atoms with Crippen molar-refractivity contribution < 1.29 is 14.7 Å². The molecule has 1 aliphatic heterocycles. The Morgan fingerprint density at radius 2 is 1.60 bits per heavy atom. The molecule has 7 nitrogen and oxygen atoms in total. The number of piperazine rings is 1. The molecule has 3 aliphatic rings. The molecule has 230 valence electrons. The van der Waals surface area contributed by atoms with Gasteiger partial charge in [-0.3, -0.25) is 14.5 Å². The first-order valence-electron chi connectivity index (χ1n) is 16.4. The van der Waals surface area contributed by atoms with Gasteiger partial charge >= 0.3 is 0 Å². The highest BCUT2D eigenvalue weighted by molar-refractivity contribution is 7.13. The molecule has 8 heteroatoms. The molecule has 0 unspecified atom stereocenters. The smallest absolute Gasteiger partial charge is 0.252 e. The molecule has 3 aromatic rings. The van der Waals surface area contributed by atoms with Crippen LogP contribution in [0.2, 0.25) is 0 Å². The molecule has 6 rings (SSSR count). The van der Waals surface area contributed by atoms with Crippen molar-refractivity contribution in [2.75, 3.05) is 26.2 Å². The van der Waals surface area contributed by atoms with Crippen LogP contribution in [-0.2, 0) is 11.3 Å². The molecule has 1 saturated heterocycles. The lowest BCUT2D eigenvalue weighted by atomic mass is 9.84. The van der Waals surface area contributed by atoms with Crippen molar-refractivity contribution in [2.24, 2.45) is 11.8 Å². The van der Waals surface area contributed by atoms with Crippen LogP contribution in [0.5, 0.6) is 0 Å². The number of nitrogens with one attached hydrogen (secondary N) is 1. The predicted octanol–water partition coefficient (Wildman–Crippen LogP) is 6.25. The van der Waals surface area contributed by atoms with Crippen LogP contribution in [-0.4, -0.2) is 70.0 Å². The number of thiophene rings is 1. The van der Waals surface area contributed by atoms with Gasteiger partial charge in [-0.15, -0.1) is 11.3 Å². The van der Waals surface area contributed by atoms with Gasteiger partial charge < -0.3 is 15.3 Å². The van der Waals surface area contributed by atoms with Gasteiger partial charge in [0.05, 0.1) is 21.7 Å². The minimum atomic E-state index is -0.886. The molecule has 0 radical (unpaired) electrons. The van der Waals surface area contributed by atoms with E-state index in [1.807, 2.05) is 35.2 Å². The summed E-state index contributed by atoms with van der Waals surface area (Å²) < 4.78 is 0. The quantitative estimate of drug-likeness (QED) is 0.319. The summed E-state index contributed by atoms with van der Waals surface area (Å²) in [4.78, 5) is 37.8. The van der Waals surface area contributed by atoms with E-state index in [0.717, 1.165) is 58.3 Å². The average molecular weight is 603 g/mol. The summed E-state index contributed by atoms with van der Waals surface area (Å²) in [6, 6.07) is 12.2. The summed E-state index contributed by atoms with van der Waals surface area (Å²) in [6.45, 7) is 5.29. The van der Waals surface area contributed by atoms with Gasteiger partial charge in [-0.05, 0) is 62.0 Å². The first-order valence-corrected chi connectivity index (χ1v) is 17.3. The Morgan fingerprint density at radius 1 is 0.930 bits per heavy atom. The Labute approximate surface area is 259 Å². The number of carbonyl (C=O) groups excluding carboxylic acids is 2. The summed E-state index contributed by atoms with van der Waals surface area (Å²) in [5, 5.41) is 17.2. The molecule has 2 saturated carbocycles. The van der Waals surface area contributed by atoms with Crippen LogP contribution in [0.1, 0.15) is 87.1 Å². The maximum atomic E-state index is 14.2. The first-order chi connectivity index (χ1) is 21.0. The van der Waals surface area contributed by atoms with Gasteiger partial charge in [0.15, 0.2) is 0 Å². The lowest BCUT2D eigenvalue weighted by Crippen LogP contribution is -2.52. The molecule has 3 fully saturated rings. The number of aromatic nitrogens is 1. The van der Waals surface area contributed by atoms with E-state index in [4.69, 9.17) is 4.98 Å². The summed E-state index contributed by atoms with van der Waals surface area (Å²) in [7, 11) is 0. The highest BCUT2D eigenvalue weighted by Gasteiger charge is 2.33. The predicted molar refractivity (Wildman–Crippen MR) is 173 cm³/mol. The Morgan fingerprint density at radius 3 is 2.28 bits per heavy atom. The second-order valence-corrected chi connectivity index (χ2v) is 13.9. The number of benzene rings is 1. The molecule has 43 heavy (non-hydrogen) atoms. The number of amides is 2. The maximum absolute atomic E-state index is 14.2. The third-order valence-corrected chi connectivity index (χ3v) is 11.0. The zero-order chi connectivity index (χ0) is 29.8. The topological polar surface area (TPSA) is 85.8 Å². The number of fused-ring (bicyclic) bond motifs is 1. The van der Waals surface area contributed by atoms with Crippen molar-refractivity contribution in [1.82, 2.24) is 20.1 Å². The van der Waals surface area contributed by atoms with Gasteiger partial charge in [-0.2, -0.15) is 0 Å². The van der Waals surface area contributed by atoms with Crippen LogP contribution in [0.3, 0.4) is 0 Å². The molecule has 0 spiro atoms. The number of aliphatic hydroxyl groups excluding tert-OH is 1. The molecule has 1 aromatic carbocycles. The van der Waals surface area contributed by atoms with Crippen LogP contribution in [0, 0.1) is 11.8 Å². The lowest BCUT2D eigenvalue weighted by molar-refractivity contribution is -0.145. The maximum Gasteiger partial charge on any atom is 0.252 e. The largest absolute Gasteiger partial charge is 0.383 e. The van der Waals surface area contributed by atoms with E-state index in [-0.39, 0.29) is 23.8 Å². The van der Waals surface area contributed by atoms with Gasteiger partial charge in [0.2, 0.25) is 0 Å². The Balaban J connectivity index is 1.25. The van der Waals surface area contributed by atoms with Gasteiger partial charge in [-0.1, -0.05) is 62.8 Å². The minimum Gasteiger partial charge on any atom is -0.383 e. The minimum absolute atomic E-state index is 0.0195. The van der Waals surface area contributed by atoms with E-state index < -0.39 is 6.10 Å². The number of aliphatic hydroxyl groups is 1. The van der Waals surface area contributed by atoms with Crippen molar-refractivity contribution in [3.63, 3.8) is 0 Å². The monoisotopic (exact) mass is 602 g/mol. The Hall–Kier alpha value is -2.81. The fraction of sp³-hybridized carbons (Fsp3) is 0.571. The summed E-state index contributed by atoms with van der Waals surface area (Å²) in [6.07, 6.45) is 10.5. The Kier molecular flexibility index (Phi) is 9.75. The van der Waals surface area contributed by atoms with E-state index in [1.54, 1.807) is 11.3 Å². The number of para-hydroxylation sites is 1. The molecule has 2 aromatic heterocycles. The number of hydrogen-bond donors (Lipinski definition) is 2. The second-order valence-electron chi connectivity index (χ2n) is 12.9. The van der Waals surface area contributed by atoms with Crippen LogP contribution < -0.4 is 5.32 Å². The van der Waals surface area contributed by atoms with Crippen molar-refractivity contribution in [1.29, 1.82) is 0 Å². The van der Waals surface area contributed by atoms with Gasteiger partial charge in [0.25, 0.3) is 11.8 Å². The van der Waals surface area contributed by atoms with E-state index in [2.05, 4.69) is 28.6 Å². The number of hydrogen-bond acceptors (Lipinski definition) is 6. The highest BCUT2D eigenvalue weighted by atomic mass is 32.1. The van der Waals surface area contributed by atoms with Crippen molar-refractivity contribution in [3.05, 3.63) is 52.9 Å². The summed E-state index contributed by atoms with van der Waals surface area (Å²) in [5.41, 5.74) is 3.38. The molecule has 2 amide bonds. The number of nitrogens with zero attached hydrogens (tertiary/aromatic N) is 3. The number of carbonyl (C=O) groups is 2. The molecule has 0 bridgehead atoms. The molecule has 2 aliphatic carbocycles. The fourth-order valence-electron chi connectivity index (χ4n) is 7.50. The average Bonchev–Trinajstić information content (AvgIpc) is 3.60. The third-order valence-electron chi connectivity index (χ3n) is 10.1. The molecule has 3 heterocycles. The van der Waals surface area contributed by atoms with E-state index >= 15 is 0 Å². The molecular formula is C35H46N4O3S.